The highest BCUT2D eigenvalue weighted by atomic mass is 16.5. The molecule has 3 nitrogen and oxygen atoms in total. The largest absolute Gasteiger partial charge is 0.481 e. The zero-order valence-electron chi connectivity index (χ0n) is 7.39. The summed E-state index contributed by atoms with van der Waals surface area (Å²) >= 11 is 0. The zero-order valence-corrected chi connectivity index (χ0v) is 7.39. The molecule has 0 radical (unpaired) electrons. The second-order valence-electron chi connectivity index (χ2n) is 3.18. The third-order valence-corrected chi connectivity index (χ3v) is 1.27. The van der Waals surface area contributed by atoms with E-state index in [4.69, 9.17) is 9.84 Å². The van der Waals surface area contributed by atoms with Crippen molar-refractivity contribution < 1.29 is 14.6 Å². The SMILES string of the molecule is CCCOC(C)(C)CC(=O)O. The molecule has 0 aromatic rings. The van der Waals surface area contributed by atoms with Crippen molar-refractivity contribution in [1.82, 2.24) is 0 Å². The predicted molar refractivity (Wildman–Crippen MR) is 42.6 cm³/mol. The fraction of sp³-hybridized carbons (Fsp3) is 0.875. The quantitative estimate of drug-likeness (QED) is 0.665. The van der Waals surface area contributed by atoms with Crippen molar-refractivity contribution in [2.45, 2.75) is 39.2 Å². The molecule has 0 amide bonds. The molecule has 0 saturated carbocycles. The van der Waals surface area contributed by atoms with Gasteiger partial charge in [0.25, 0.3) is 0 Å². The van der Waals surface area contributed by atoms with Crippen molar-refractivity contribution in [1.29, 1.82) is 0 Å². The Morgan fingerprint density at radius 1 is 1.55 bits per heavy atom. The Morgan fingerprint density at radius 2 is 2.09 bits per heavy atom. The normalized spacial score (nSPS) is 11.5. The van der Waals surface area contributed by atoms with Gasteiger partial charge in [-0.2, -0.15) is 0 Å². The lowest BCUT2D eigenvalue weighted by Gasteiger charge is -2.22. The lowest BCUT2D eigenvalue weighted by Crippen LogP contribution is -2.28. The van der Waals surface area contributed by atoms with Gasteiger partial charge in [0.05, 0.1) is 12.0 Å². The first kappa shape index (κ1) is 10.4. The van der Waals surface area contributed by atoms with Crippen LogP contribution in [0.1, 0.15) is 33.6 Å². The molecule has 0 atom stereocenters. The van der Waals surface area contributed by atoms with Gasteiger partial charge < -0.3 is 9.84 Å². The van der Waals surface area contributed by atoms with Crippen molar-refractivity contribution in [2.24, 2.45) is 0 Å². The molecular formula is C8H16O3. The second-order valence-corrected chi connectivity index (χ2v) is 3.18. The molecule has 11 heavy (non-hydrogen) atoms. The molecule has 0 saturated heterocycles. The highest BCUT2D eigenvalue weighted by Crippen LogP contribution is 2.14. The number of carbonyl (C=O) groups is 1. The van der Waals surface area contributed by atoms with Gasteiger partial charge in [-0.1, -0.05) is 6.92 Å². The van der Waals surface area contributed by atoms with Crippen molar-refractivity contribution >= 4 is 5.97 Å². The smallest absolute Gasteiger partial charge is 0.306 e. The number of aliphatic carboxylic acids is 1. The standard InChI is InChI=1S/C8H16O3/c1-4-5-11-8(2,3)6-7(9)10/h4-6H2,1-3H3,(H,9,10). The first-order valence-electron chi connectivity index (χ1n) is 3.83. The topological polar surface area (TPSA) is 46.5 Å². The van der Waals surface area contributed by atoms with Gasteiger partial charge in [0, 0.05) is 6.61 Å². The van der Waals surface area contributed by atoms with Crippen LogP contribution < -0.4 is 0 Å². The first-order chi connectivity index (χ1) is 4.98. The van der Waals surface area contributed by atoms with E-state index in [0.717, 1.165) is 6.42 Å². The first-order valence-corrected chi connectivity index (χ1v) is 3.83. The Bertz CT molecular complexity index is 129. The molecule has 0 aromatic heterocycles. The summed E-state index contributed by atoms with van der Waals surface area (Å²) in [6, 6.07) is 0. The molecule has 0 aliphatic rings. The van der Waals surface area contributed by atoms with E-state index in [-0.39, 0.29) is 6.42 Å². The van der Waals surface area contributed by atoms with Crippen LogP contribution in [0.4, 0.5) is 0 Å². The average Bonchev–Trinajstić information content (AvgIpc) is 1.81. The van der Waals surface area contributed by atoms with E-state index in [1.54, 1.807) is 13.8 Å². The summed E-state index contributed by atoms with van der Waals surface area (Å²) in [4.78, 5) is 10.3. The van der Waals surface area contributed by atoms with Crippen molar-refractivity contribution in [3.63, 3.8) is 0 Å². The minimum Gasteiger partial charge on any atom is -0.481 e. The summed E-state index contributed by atoms with van der Waals surface area (Å²) in [6.07, 6.45) is 0.982. The molecule has 66 valence electrons. The maximum absolute atomic E-state index is 10.3. The van der Waals surface area contributed by atoms with Crippen molar-refractivity contribution in [3.05, 3.63) is 0 Å². The maximum Gasteiger partial charge on any atom is 0.306 e. The summed E-state index contributed by atoms with van der Waals surface area (Å²) in [7, 11) is 0. The third-order valence-electron chi connectivity index (χ3n) is 1.27. The molecule has 0 heterocycles. The molecule has 0 aliphatic heterocycles. The van der Waals surface area contributed by atoms with E-state index < -0.39 is 11.6 Å². The summed E-state index contributed by atoms with van der Waals surface area (Å²) in [5.41, 5.74) is -0.526. The number of rotatable bonds is 5. The Balaban J connectivity index is 3.70. The van der Waals surface area contributed by atoms with Gasteiger partial charge in [-0.3, -0.25) is 4.79 Å². The highest BCUT2D eigenvalue weighted by molar-refractivity contribution is 5.67. The van der Waals surface area contributed by atoms with Gasteiger partial charge in [0.15, 0.2) is 0 Å². The highest BCUT2D eigenvalue weighted by Gasteiger charge is 2.21. The van der Waals surface area contributed by atoms with E-state index >= 15 is 0 Å². The van der Waals surface area contributed by atoms with E-state index in [1.807, 2.05) is 6.92 Å². The zero-order chi connectivity index (χ0) is 8.91. The van der Waals surface area contributed by atoms with Gasteiger partial charge >= 0.3 is 5.97 Å². The number of carboxylic acids is 1. The minimum atomic E-state index is -0.814. The van der Waals surface area contributed by atoms with Crippen LogP contribution in [0.15, 0.2) is 0 Å². The van der Waals surface area contributed by atoms with E-state index in [2.05, 4.69) is 0 Å². The molecule has 0 rings (SSSR count). The van der Waals surface area contributed by atoms with Crippen LogP contribution in [0.25, 0.3) is 0 Å². The number of hydrogen-bond acceptors (Lipinski definition) is 2. The summed E-state index contributed by atoms with van der Waals surface area (Å²) < 4.78 is 5.31. The van der Waals surface area contributed by atoms with E-state index in [1.165, 1.54) is 0 Å². The molecule has 1 N–H and O–H groups in total. The van der Waals surface area contributed by atoms with Gasteiger partial charge in [-0.15, -0.1) is 0 Å². The van der Waals surface area contributed by atoms with Crippen LogP contribution in [-0.4, -0.2) is 23.3 Å². The summed E-state index contributed by atoms with van der Waals surface area (Å²) in [6.45, 7) is 6.20. The van der Waals surface area contributed by atoms with E-state index in [9.17, 15) is 4.79 Å². The predicted octanol–water partition coefficient (Wildman–Crippen LogP) is 1.67. The van der Waals surface area contributed by atoms with Crippen molar-refractivity contribution in [3.8, 4) is 0 Å². The van der Waals surface area contributed by atoms with Gasteiger partial charge in [0.2, 0.25) is 0 Å². The molecule has 0 unspecified atom stereocenters. The van der Waals surface area contributed by atoms with Gasteiger partial charge in [0.1, 0.15) is 0 Å². The third kappa shape index (κ3) is 5.85. The van der Waals surface area contributed by atoms with Crippen LogP contribution in [0, 0.1) is 0 Å². The molecule has 0 aromatic carbocycles. The van der Waals surface area contributed by atoms with Crippen LogP contribution in [-0.2, 0) is 9.53 Å². The van der Waals surface area contributed by atoms with Crippen LogP contribution in [0.3, 0.4) is 0 Å². The lowest BCUT2D eigenvalue weighted by atomic mass is 10.1. The minimum absolute atomic E-state index is 0.0625. The Morgan fingerprint density at radius 3 is 2.45 bits per heavy atom. The second kappa shape index (κ2) is 4.34. The molecule has 0 spiro atoms. The van der Waals surface area contributed by atoms with Crippen LogP contribution >= 0.6 is 0 Å². The van der Waals surface area contributed by atoms with Crippen LogP contribution in [0.5, 0.6) is 0 Å². The Hall–Kier alpha value is -0.570. The fourth-order valence-electron chi connectivity index (χ4n) is 0.794. The Labute approximate surface area is 67.4 Å². The lowest BCUT2D eigenvalue weighted by molar-refractivity contribution is -0.143. The molecule has 0 aliphatic carbocycles. The number of carboxylic acid groups (broad SMARTS) is 1. The molecule has 0 bridgehead atoms. The van der Waals surface area contributed by atoms with Gasteiger partial charge in [-0.05, 0) is 20.3 Å². The molecule has 0 fully saturated rings. The fourth-order valence-corrected chi connectivity index (χ4v) is 0.794. The maximum atomic E-state index is 10.3. The van der Waals surface area contributed by atoms with Crippen LogP contribution in [0.2, 0.25) is 0 Å². The summed E-state index contributed by atoms with van der Waals surface area (Å²) in [5.74, 6) is -0.814. The van der Waals surface area contributed by atoms with Crippen molar-refractivity contribution in [2.75, 3.05) is 6.61 Å². The molecule has 3 heteroatoms. The van der Waals surface area contributed by atoms with Gasteiger partial charge in [-0.25, -0.2) is 0 Å². The number of hydrogen-bond donors (Lipinski definition) is 1. The number of ether oxygens (including phenoxy) is 1. The molecular weight excluding hydrogens is 144 g/mol. The van der Waals surface area contributed by atoms with E-state index in [0.29, 0.717) is 6.61 Å². The Kier molecular flexibility index (Phi) is 4.11. The monoisotopic (exact) mass is 160 g/mol. The average molecular weight is 160 g/mol. The summed E-state index contributed by atoms with van der Waals surface area (Å²) in [5, 5.41) is 8.47.